The molecule has 12 heavy (non-hydrogen) atoms. The van der Waals surface area contributed by atoms with Crippen LogP contribution >= 0.6 is 11.8 Å². The van der Waals surface area contributed by atoms with Gasteiger partial charge in [-0.2, -0.15) is 11.8 Å². The molecule has 70 valence electrons. The van der Waals surface area contributed by atoms with Crippen LogP contribution in [0.4, 0.5) is 0 Å². The van der Waals surface area contributed by atoms with Crippen LogP contribution in [0.1, 0.15) is 12.8 Å². The molecule has 1 N–H and O–H groups in total. The molecule has 1 saturated heterocycles. The summed E-state index contributed by atoms with van der Waals surface area (Å²) in [5.74, 6) is 1.31. The fraction of sp³-hybridized carbons (Fsp3) is 0.875. The summed E-state index contributed by atoms with van der Waals surface area (Å²) in [6, 6.07) is 0. The van der Waals surface area contributed by atoms with Gasteiger partial charge in [0, 0.05) is 0 Å². The summed E-state index contributed by atoms with van der Waals surface area (Å²) < 4.78 is 4.61. The first-order valence-corrected chi connectivity index (χ1v) is 5.25. The molecule has 0 aromatic rings. The topological polar surface area (TPSA) is 46.5 Å². The van der Waals surface area contributed by atoms with Crippen molar-refractivity contribution in [3.63, 3.8) is 0 Å². The molecule has 3 nitrogen and oxygen atoms in total. The van der Waals surface area contributed by atoms with Gasteiger partial charge in [-0.15, -0.1) is 0 Å². The monoisotopic (exact) mass is 190 g/mol. The van der Waals surface area contributed by atoms with Crippen LogP contribution in [-0.2, 0) is 9.53 Å². The first kappa shape index (κ1) is 9.86. The van der Waals surface area contributed by atoms with Gasteiger partial charge in [0.05, 0.1) is 19.1 Å². The van der Waals surface area contributed by atoms with Crippen LogP contribution in [0.3, 0.4) is 0 Å². The van der Waals surface area contributed by atoms with Crippen molar-refractivity contribution in [1.29, 1.82) is 0 Å². The number of carbonyl (C=O) groups is 1. The van der Waals surface area contributed by atoms with Gasteiger partial charge in [-0.3, -0.25) is 4.79 Å². The molecular weight excluding hydrogens is 176 g/mol. The second-order valence-electron chi connectivity index (χ2n) is 2.89. The average Bonchev–Trinajstić information content (AvgIpc) is 2.28. The maximum absolute atomic E-state index is 11.1. The highest BCUT2D eigenvalue weighted by Gasteiger charge is 2.28. The minimum atomic E-state index is -0.507. The van der Waals surface area contributed by atoms with Crippen molar-refractivity contribution in [2.45, 2.75) is 18.9 Å². The second kappa shape index (κ2) is 4.72. The van der Waals surface area contributed by atoms with Crippen LogP contribution in [0.25, 0.3) is 0 Å². The largest absolute Gasteiger partial charge is 0.469 e. The van der Waals surface area contributed by atoms with Gasteiger partial charge >= 0.3 is 5.97 Å². The molecule has 1 heterocycles. The van der Waals surface area contributed by atoms with E-state index in [1.807, 2.05) is 0 Å². The number of aliphatic hydroxyl groups excluding tert-OH is 1. The highest BCUT2D eigenvalue weighted by Crippen LogP contribution is 2.23. The predicted molar refractivity (Wildman–Crippen MR) is 48.1 cm³/mol. The lowest BCUT2D eigenvalue weighted by Gasteiger charge is -2.16. The van der Waals surface area contributed by atoms with Gasteiger partial charge in [0.1, 0.15) is 0 Å². The van der Waals surface area contributed by atoms with E-state index in [4.69, 9.17) is 0 Å². The van der Waals surface area contributed by atoms with E-state index in [9.17, 15) is 9.90 Å². The zero-order valence-corrected chi connectivity index (χ0v) is 7.97. The molecule has 0 bridgehead atoms. The van der Waals surface area contributed by atoms with Crippen LogP contribution in [0, 0.1) is 5.92 Å². The Morgan fingerprint density at radius 3 is 2.83 bits per heavy atom. The van der Waals surface area contributed by atoms with E-state index in [0.717, 1.165) is 17.9 Å². The summed E-state index contributed by atoms with van der Waals surface area (Å²) in [5, 5.41) is 9.54. The minimum absolute atomic E-state index is 0.273. The second-order valence-corrected chi connectivity index (χ2v) is 4.11. The molecule has 0 amide bonds. The molecule has 4 heteroatoms. The Kier molecular flexibility index (Phi) is 3.88. The average molecular weight is 190 g/mol. The van der Waals surface area contributed by atoms with Crippen molar-refractivity contribution < 1.29 is 14.6 Å². The summed E-state index contributed by atoms with van der Waals surface area (Å²) in [6.07, 6.45) is 0.926. The molecule has 0 aromatic carbocycles. The minimum Gasteiger partial charge on any atom is -0.469 e. The van der Waals surface area contributed by atoms with Crippen LogP contribution < -0.4 is 0 Å². The quantitative estimate of drug-likeness (QED) is 0.617. The Morgan fingerprint density at radius 2 is 2.17 bits per heavy atom. The number of ether oxygens (including phenoxy) is 1. The van der Waals surface area contributed by atoms with Crippen LogP contribution in [0.2, 0.25) is 0 Å². The lowest BCUT2D eigenvalue weighted by atomic mass is 9.98. The number of hydrogen-bond acceptors (Lipinski definition) is 4. The van der Waals surface area contributed by atoms with Crippen molar-refractivity contribution in [3.05, 3.63) is 0 Å². The number of carbonyl (C=O) groups excluding carboxylic acids is 1. The molecule has 0 aromatic heterocycles. The van der Waals surface area contributed by atoms with Crippen molar-refractivity contribution in [2.24, 2.45) is 5.92 Å². The van der Waals surface area contributed by atoms with Gasteiger partial charge in [-0.1, -0.05) is 0 Å². The first-order valence-electron chi connectivity index (χ1n) is 4.09. The Morgan fingerprint density at radius 1 is 1.50 bits per heavy atom. The Labute approximate surface area is 76.5 Å². The summed E-state index contributed by atoms with van der Waals surface area (Å²) >= 11 is 1.78. The molecule has 1 rings (SSSR count). The molecule has 1 fully saturated rings. The molecule has 0 radical (unpaired) electrons. The third-order valence-corrected chi connectivity index (χ3v) is 3.15. The van der Waals surface area contributed by atoms with Crippen LogP contribution in [-0.4, -0.2) is 35.8 Å². The zero-order chi connectivity index (χ0) is 8.97. The summed E-state index contributed by atoms with van der Waals surface area (Å²) in [7, 11) is 1.37. The maximum Gasteiger partial charge on any atom is 0.311 e. The Bertz CT molecular complexity index is 160. The number of methoxy groups -OCH3 is 1. The zero-order valence-electron chi connectivity index (χ0n) is 7.16. The fourth-order valence-corrected chi connectivity index (χ4v) is 2.37. The molecule has 0 aliphatic carbocycles. The lowest BCUT2D eigenvalue weighted by Crippen LogP contribution is -2.28. The fourth-order valence-electron chi connectivity index (χ4n) is 1.34. The van der Waals surface area contributed by atoms with E-state index < -0.39 is 6.10 Å². The van der Waals surface area contributed by atoms with E-state index in [0.29, 0.717) is 6.42 Å². The van der Waals surface area contributed by atoms with Crippen molar-refractivity contribution in [3.8, 4) is 0 Å². The van der Waals surface area contributed by atoms with E-state index in [-0.39, 0.29) is 11.9 Å². The summed E-state index contributed by atoms with van der Waals surface area (Å²) in [6.45, 7) is 0. The molecule has 1 aliphatic heterocycles. The van der Waals surface area contributed by atoms with Gasteiger partial charge in [0.15, 0.2) is 0 Å². The molecule has 2 atom stereocenters. The van der Waals surface area contributed by atoms with Gasteiger partial charge in [0.2, 0.25) is 0 Å². The lowest BCUT2D eigenvalue weighted by molar-refractivity contribution is -0.149. The van der Waals surface area contributed by atoms with Crippen molar-refractivity contribution in [2.75, 3.05) is 18.6 Å². The third-order valence-electron chi connectivity index (χ3n) is 2.10. The standard InChI is InChI=1S/C8H14O3S/c1-11-8(10)6-2-4-12-5-3-7(6)9/h6-7,9H,2-5H2,1H3. The highest BCUT2D eigenvalue weighted by atomic mass is 32.2. The van der Waals surface area contributed by atoms with Crippen molar-refractivity contribution >= 4 is 17.7 Å². The van der Waals surface area contributed by atoms with Crippen LogP contribution in [0.5, 0.6) is 0 Å². The molecule has 1 aliphatic rings. The van der Waals surface area contributed by atoms with Crippen molar-refractivity contribution in [1.82, 2.24) is 0 Å². The van der Waals surface area contributed by atoms with Gasteiger partial charge in [0.25, 0.3) is 0 Å². The van der Waals surface area contributed by atoms with E-state index >= 15 is 0 Å². The SMILES string of the molecule is COC(=O)C1CCSCCC1O. The number of aliphatic hydroxyl groups is 1. The molecule has 2 unspecified atom stereocenters. The number of thioether (sulfide) groups is 1. The normalized spacial score (nSPS) is 30.8. The maximum atomic E-state index is 11.1. The van der Waals surface area contributed by atoms with Gasteiger partial charge in [-0.05, 0) is 24.3 Å². The Hall–Kier alpha value is -0.220. The van der Waals surface area contributed by atoms with E-state index in [1.165, 1.54) is 7.11 Å². The molecular formula is C8H14O3S. The van der Waals surface area contributed by atoms with E-state index in [1.54, 1.807) is 11.8 Å². The van der Waals surface area contributed by atoms with Crippen LogP contribution in [0.15, 0.2) is 0 Å². The smallest absolute Gasteiger partial charge is 0.311 e. The number of rotatable bonds is 1. The first-order chi connectivity index (χ1) is 5.75. The molecule has 0 saturated carbocycles. The van der Waals surface area contributed by atoms with Gasteiger partial charge < -0.3 is 9.84 Å². The molecule has 0 spiro atoms. The summed E-state index contributed by atoms with van der Waals surface area (Å²) in [5.41, 5.74) is 0. The highest BCUT2D eigenvalue weighted by molar-refractivity contribution is 7.99. The summed E-state index contributed by atoms with van der Waals surface area (Å²) in [4.78, 5) is 11.1. The number of esters is 1. The van der Waals surface area contributed by atoms with E-state index in [2.05, 4.69) is 4.74 Å². The third kappa shape index (κ3) is 2.38. The number of hydrogen-bond donors (Lipinski definition) is 1. The Balaban J connectivity index is 2.52. The van der Waals surface area contributed by atoms with Gasteiger partial charge in [-0.25, -0.2) is 0 Å². The predicted octanol–water partition coefficient (Wildman–Crippen LogP) is 0.663.